The fourth-order valence-electron chi connectivity index (χ4n) is 3.48. The molecular formula is C20H21BrN2O4S3. The lowest BCUT2D eigenvalue weighted by molar-refractivity contribution is 0.0532. The molecular weight excluding hydrogens is 508 g/mol. The molecule has 1 saturated carbocycles. The Hall–Kier alpha value is -1.36. The normalized spacial score (nSPS) is 15.5. The van der Waals surface area contributed by atoms with Gasteiger partial charge in [0.05, 0.1) is 38.0 Å². The number of benzene rings is 1. The fourth-order valence-corrected chi connectivity index (χ4v) is 8.22. The summed E-state index contributed by atoms with van der Waals surface area (Å²) in [4.78, 5) is 17.1. The number of carbonyl (C=O) groups is 1. The van der Waals surface area contributed by atoms with Crippen molar-refractivity contribution in [1.82, 2.24) is 9.55 Å². The number of carbonyl (C=O) groups excluding carboxylic acids is 1. The average molecular weight is 530 g/mol. The van der Waals surface area contributed by atoms with Gasteiger partial charge < -0.3 is 9.30 Å². The van der Waals surface area contributed by atoms with Crippen LogP contribution in [0.25, 0.3) is 11.0 Å². The molecule has 0 N–H and O–H groups in total. The minimum Gasteiger partial charge on any atom is -0.462 e. The van der Waals surface area contributed by atoms with Crippen molar-refractivity contribution in [3.63, 3.8) is 0 Å². The van der Waals surface area contributed by atoms with Crippen molar-refractivity contribution in [3.8, 4) is 0 Å². The largest absolute Gasteiger partial charge is 0.462 e. The fraction of sp³-hybridized carbons (Fsp3) is 0.400. The topological polar surface area (TPSA) is 78.3 Å². The maximum absolute atomic E-state index is 13.4. The maximum Gasteiger partial charge on any atom is 0.348 e. The first-order valence-corrected chi connectivity index (χ1v) is 13.9. The number of halogens is 1. The van der Waals surface area contributed by atoms with Crippen LogP contribution in [-0.4, -0.2) is 36.8 Å². The van der Waals surface area contributed by atoms with E-state index in [-0.39, 0.29) is 21.3 Å². The molecule has 1 atom stereocenters. The molecule has 4 rings (SSSR count). The van der Waals surface area contributed by atoms with Gasteiger partial charge in [-0.15, -0.1) is 23.1 Å². The van der Waals surface area contributed by atoms with Crippen molar-refractivity contribution in [2.24, 2.45) is 5.92 Å². The summed E-state index contributed by atoms with van der Waals surface area (Å²) in [7, 11) is -3.84. The van der Waals surface area contributed by atoms with Crippen LogP contribution in [0.2, 0.25) is 0 Å². The van der Waals surface area contributed by atoms with Gasteiger partial charge >= 0.3 is 5.97 Å². The molecule has 1 unspecified atom stereocenters. The highest BCUT2D eigenvalue weighted by atomic mass is 79.9. The number of hydrogen-bond donors (Lipinski definition) is 0. The molecule has 30 heavy (non-hydrogen) atoms. The van der Waals surface area contributed by atoms with E-state index in [0.717, 1.165) is 16.9 Å². The highest BCUT2D eigenvalue weighted by Crippen LogP contribution is 2.43. The van der Waals surface area contributed by atoms with Crippen molar-refractivity contribution in [2.75, 3.05) is 12.9 Å². The van der Waals surface area contributed by atoms with Crippen molar-refractivity contribution >= 4 is 65.9 Å². The molecule has 160 valence electrons. The molecule has 0 spiro atoms. The van der Waals surface area contributed by atoms with Gasteiger partial charge in [0.15, 0.2) is 0 Å². The van der Waals surface area contributed by atoms with Gasteiger partial charge in [0.1, 0.15) is 4.88 Å². The lowest BCUT2D eigenvalue weighted by Gasteiger charge is -2.14. The van der Waals surface area contributed by atoms with E-state index in [4.69, 9.17) is 4.74 Å². The Bertz CT molecular complexity index is 1230. The summed E-state index contributed by atoms with van der Waals surface area (Å²) in [6, 6.07) is 4.97. The maximum atomic E-state index is 13.4. The number of aromatic nitrogens is 2. The van der Waals surface area contributed by atoms with Crippen molar-refractivity contribution < 1.29 is 17.9 Å². The second kappa shape index (κ2) is 8.29. The summed E-state index contributed by atoms with van der Waals surface area (Å²) >= 11 is 6.00. The number of thioether (sulfide) groups is 1. The van der Waals surface area contributed by atoms with E-state index in [1.165, 1.54) is 30.7 Å². The van der Waals surface area contributed by atoms with E-state index < -0.39 is 15.8 Å². The Morgan fingerprint density at radius 3 is 2.77 bits per heavy atom. The minimum absolute atomic E-state index is 0.125. The lowest BCUT2D eigenvalue weighted by atomic mass is 10.2. The van der Waals surface area contributed by atoms with Gasteiger partial charge in [-0.25, -0.2) is 18.2 Å². The molecule has 3 aromatic rings. The van der Waals surface area contributed by atoms with Crippen LogP contribution < -0.4 is 0 Å². The zero-order valence-electron chi connectivity index (χ0n) is 16.7. The summed E-state index contributed by atoms with van der Waals surface area (Å²) in [5, 5.41) is 0. The molecule has 0 amide bonds. The number of ether oxygens (including phenoxy) is 1. The van der Waals surface area contributed by atoms with Gasteiger partial charge in [-0.3, -0.25) is 0 Å². The van der Waals surface area contributed by atoms with Gasteiger partial charge in [-0.05, 0) is 73.0 Å². The molecule has 0 radical (unpaired) electrons. The third-order valence-electron chi connectivity index (χ3n) is 5.27. The number of nitrogens with zero attached hydrogens (tertiary/aromatic N) is 2. The van der Waals surface area contributed by atoms with Crippen LogP contribution >= 0.6 is 39.0 Å². The van der Waals surface area contributed by atoms with Crippen LogP contribution in [0.4, 0.5) is 0 Å². The first-order chi connectivity index (χ1) is 14.3. The van der Waals surface area contributed by atoms with Crippen LogP contribution in [0.3, 0.4) is 0 Å². The number of rotatable bonds is 7. The third-order valence-corrected chi connectivity index (χ3v) is 10.1. The highest BCUT2D eigenvalue weighted by molar-refractivity contribution is 9.10. The van der Waals surface area contributed by atoms with E-state index in [9.17, 15) is 13.2 Å². The van der Waals surface area contributed by atoms with Crippen LogP contribution in [0, 0.1) is 5.92 Å². The van der Waals surface area contributed by atoms with Gasteiger partial charge in [0, 0.05) is 10.5 Å². The van der Waals surface area contributed by atoms with Crippen molar-refractivity contribution in [3.05, 3.63) is 33.9 Å². The quantitative estimate of drug-likeness (QED) is 0.295. The Morgan fingerprint density at radius 2 is 2.13 bits per heavy atom. The minimum atomic E-state index is -3.84. The zero-order valence-corrected chi connectivity index (χ0v) is 20.8. The molecule has 10 heteroatoms. The number of esters is 1. The number of hydrogen-bond acceptors (Lipinski definition) is 7. The standard InChI is InChI=1S/C20H21BrN2O4S3/c1-4-27-19(24)16-9-17(20(28-3)29-16)30(25,26)13-7-14(21)18-15(8-13)22-10-23(18)11(2)12-5-6-12/h7-12H,4-6H2,1-3H3. The van der Waals surface area contributed by atoms with Crippen LogP contribution in [0.1, 0.15) is 42.4 Å². The average Bonchev–Trinajstić information content (AvgIpc) is 3.31. The molecule has 0 aliphatic heterocycles. The van der Waals surface area contributed by atoms with Gasteiger partial charge in [0.2, 0.25) is 9.84 Å². The Labute approximate surface area is 192 Å². The van der Waals surface area contributed by atoms with Gasteiger partial charge in [0.25, 0.3) is 0 Å². The van der Waals surface area contributed by atoms with E-state index in [2.05, 4.69) is 32.4 Å². The molecule has 0 saturated heterocycles. The molecule has 6 nitrogen and oxygen atoms in total. The van der Waals surface area contributed by atoms with E-state index >= 15 is 0 Å². The monoisotopic (exact) mass is 528 g/mol. The summed E-state index contributed by atoms with van der Waals surface area (Å²) in [6.07, 6.45) is 6.00. The van der Waals surface area contributed by atoms with E-state index in [1.54, 1.807) is 31.6 Å². The summed E-state index contributed by atoms with van der Waals surface area (Å²) in [5.74, 6) is 0.137. The molecule has 1 aliphatic rings. The van der Waals surface area contributed by atoms with Gasteiger partial charge in [-0.2, -0.15) is 0 Å². The number of imidazole rings is 1. The van der Waals surface area contributed by atoms with Crippen LogP contribution in [0.5, 0.6) is 0 Å². The first-order valence-electron chi connectivity index (χ1n) is 9.54. The predicted molar refractivity (Wildman–Crippen MR) is 122 cm³/mol. The van der Waals surface area contributed by atoms with E-state index in [1.807, 2.05) is 0 Å². The summed E-state index contributed by atoms with van der Waals surface area (Å²) in [6.45, 7) is 4.12. The van der Waals surface area contributed by atoms with Gasteiger partial charge in [-0.1, -0.05) is 0 Å². The van der Waals surface area contributed by atoms with Crippen molar-refractivity contribution in [2.45, 2.75) is 46.7 Å². The Morgan fingerprint density at radius 1 is 1.40 bits per heavy atom. The second-order valence-electron chi connectivity index (χ2n) is 7.19. The predicted octanol–water partition coefficient (Wildman–Crippen LogP) is 5.56. The van der Waals surface area contributed by atoms with E-state index in [0.29, 0.717) is 26.2 Å². The molecule has 1 fully saturated rings. The summed E-state index contributed by atoms with van der Waals surface area (Å²) in [5.41, 5.74) is 1.53. The molecule has 2 heterocycles. The van der Waals surface area contributed by atoms with Crippen LogP contribution in [0.15, 0.2) is 43.0 Å². The Balaban J connectivity index is 1.79. The second-order valence-corrected chi connectivity index (χ2v) is 12.1. The number of sulfone groups is 1. The summed E-state index contributed by atoms with van der Waals surface area (Å²) < 4.78 is 35.3. The first kappa shape index (κ1) is 21.9. The zero-order chi connectivity index (χ0) is 21.6. The number of fused-ring (bicyclic) bond motifs is 1. The van der Waals surface area contributed by atoms with Crippen LogP contribution in [-0.2, 0) is 14.6 Å². The highest BCUT2D eigenvalue weighted by Gasteiger charge is 2.31. The molecule has 1 aliphatic carbocycles. The Kier molecular flexibility index (Phi) is 6.04. The van der Waals surface area contributed by atoms with Crippen molar-refractivity contribution in [1.29, 1.82) is 0 Å². The SMILES string of the molecule is CCOC(=O)c1cc(S(=O)(=O)c2cc(Br)c3c(c2)ncn3C(C)C2CC2)c(SC)s1. The molecule has 0 bridgehead atoms. The third kappa shape index (κ3) is 3.83. The number of thiophene rings is 1. The molecule has 2 aromatic heterocycles. The lowest BCUT2D eigenvalue weighted by Crippen LogP contribution is -2.07. The smallest absolute Gasteiger partial charge is 0.348 e. The molecule has 1 aromatic carbocycles.